The average molecular weight is 352 g/mol. The fourth-order valence-corrected chi connectivity index (χ4v) is 4.46. The fourth-order valence-electron chi connectivity index (χ4n) is 2.43. The smallest absolute Gasteiger partial charge is 0.306 e. The summed E-state index contributed by atoms with van der Waals surface area (Å²) in [7, 11) is -3.71. The Balaban J connectivity index is 2.07. The predicted octanol–water partition coefficient (Wildman–Crippen LogP) is 2.92. The highest BCUT2D eigenvalue weighted by molar-refractivity contribution is 7.89. The fraction of sp³-hybridized carbons (Fsp3) is 0.462. The van der Waals surface area contributed by atoms with Gasteiger partial charge >= 0.3 is 5.97 Å². The molecule has 8 heteroatoms. The van der Waals surface area contributed by atoms with E-state index in [1.807, 2.05) is 0 Å². The Hall–Kier alpha value is -0.820. The van der Waals surface area contributed by atoms with Crippen LogP contribution in [0.5, 0.6) is 0 Å². The summed E-state index contributed by atoms with van der Waals surface area (Å²) in [6, 6.07) is 3.86. The van der Waals surface area contributed by atoms with Crippen molar-refractivity contribution in [2.75, 3.05) is 0 Å². The van der Waals surface area contributed by atoms with Gasteiger partial charge in [0, 0.05) is 16.1 Å². The lowest BCUT2D eigenvalue weighted by Crippen LogP contribution is -2.38. The molecule has 0 radical (unpaired) electrons. The molecule has 1 aliphatic carbocycles. The van der Waals surface area contributed by atoms with Crippen LogP contribution in [-0.2, 0) is 14.8 Å². The van der Waals surface area contributed by atoms with E-state index in [1.54, 1.807) is 0 Å². The third kappa shape index (κ3) is 4.32. The van der Waals surface area contributed by atoms with E-state index in [4.69, 9.17) is 28.3 Å². The van der Waals surface area contributed by atoms with Crippen molar-refractivity contribution >= 4 is 39.2 Å². The van der Waals surface area contributed by atoms with Crippen molar-refractivity contribution in [2.24, 2.45) is 5.92 Å². The summed E-state index contributed by atoms with van der Waals surface area (Å²) < 4.78 is 27.1. The minimum Gasteiger partial charge on any atom is -0.481 e. The van der Waals surface area contributed by atoms with E-state index in [9.17, 15) is 13.2 Å². The van der Waals surface area contributed by atoms with Crippen LogP contribution in [-0.4, -0.2) is 25.5 Å². The third-order valence-electron chi connectivity index (χ3n) is 3.54. The lowest BCUT2D eigenvalue weighted by atomic mass is 9.87. The Morgan fingerprint density at radius 2 is 1.62 bits per heavy atom. The molecule has 5 nitrogen and oxygen atoms in total. The van der Waals surface area contributed by atoms with Gasteiger partial charge in [0.25, 0.3) is 0 Å². The van der Waals surface area contributed by atoms with Crippen LogP contribution in [0.1, 0.15) is 25.7 Å². The van der Waals surface area contributed by atoms with E-state index in [-0.39, 0.29) is 26.9 Å². The maximum absolute atomic E-state index is 12.3. The topological polar surface area (TPSA) is 83.5 Å². The molecule has 21 heavy (non-hydrogen) atoms. The normalized spacial score (nSPS) is 23.0. The van der Waals surface area contributed by atoms with E-state index in [0.717, 1.165) is 0 Å². The number of carboxylic acid groups (broad SMARTS) is 1. The van der Waals surface area contributed by atoms with Crippen LogP contribution < -0.4 is 4.72 Å². The number of halogens is 2. The molecule has 2 N–H and O–H groups in total. The van der Waals surface area contributed by atoms with Gasteiger partial charge in [-0.25, -0.2) is 13.1 Å². The zero-order valence-corrected chi connectivity index (χ0v) is 13.4. The Kier molecular flexibility index (Phi) is 5.14. The highest BCUT2D eigenvalue weighted by Crippen LogP contribution is 2.27. The number of hydrogen-bond donors (Lipinski definition) is 2. The summed E-state index contributed by atoms with van der Waals surface area (Å²) in [6.07, 6.45) is 1.95. The van der Waals surface area contributed by atoms with Crippen molar-refractivity contribution in [3.63, 3.8) is 0 Å². The molecule has 0 heterocycles. The first-order chi connectivity index (χ1) is 9.78. The zero-order valence-electron chi connectivity index (χ0n) is 11.1. The van der Waals surface area contributed by atoms with Gasteiger partial charge in [0.1, 0.15) is 0 Å². The molecule has 0 spiro atoms. The molecule has 0 unspecified atom stereocenters. The Morgan fingerprint density at radius 3 is 2.10 bits per heavy atom. The number of carbonyl (C=O) groups is 1. The number of nitrogens with one attached hydrogen (secondary N) is 1. The van der Waals surface area contributed by atoms with Crippen LogP contribution in [0.15, 0.2) is 23.1 Å². The Bertz CT molecular complexity index is 619. The molecule has 1 fully saturated rings. The molecule has 1 aromatic carbocycles. The van der Waals surface area contributed by atoms with Crippen molar-refractivity contribution in [2.45, 2.75) is 36.6 Å². The first kappa shape index (κ1) is 16.5. The number of hydrogen-bond acceptors (Lipinski definition) is 3. The van der Waals surface area contributed by atoms with Crippen molar-refractivity contribution < 1.29 is 18.3 Å². The van der Waals surface area contributed by atoms with Gasteiger partial charge in [0.15, 0.2) is 0 Å². The molecule has 0 amide bonds. The minimum absolute atomic E-state index is 0.0142. The predicted molar refractivity (Wildman–Crippen MR) is 80.2 cm³/mol. The lowest BCUT2D eigenvalue weighted by Gasteiger charge is -2.26. The standard InChI is InChI=1S/C13H15Cl2NO4S/c14-9-5-10(15)7-12(6-9)21(19,20)16-11-3-1-8(2-4-11)13(17)18/h5-8,11,16H,1-4H2,(H,17,18). The monoisotopic (exact) mass is 351 g/mol. The van der Waals surface area contributed by atoms with E-state index >= 15 is 0 Å². The number of benzene rings is 1. The molecule has 2 rings (SSSR count). The molecule has 0 saturated heterocycles. The molecule has 0 bridgehead atoms. The number of rotatable bonds is 4. The van der Waals surface area contributed by atoms with Crippen LogP contribution in [0.4, 0.5) is 0 Å². The molecule has 1 saturated carbocycles. The summed E-state index contributed by atoms with van der Waals surface area (Å²) in [4.78, 5) is 10.9. The first-order valence-corrected chi connectivity index (χ1v) is 8.73. The largest absolute Gasteiger partial charge is 0.481 e. The Labute approximate surface area is 133 Å². The van der Waals surface area contributed by atoms with Crippen LogP contribution in [0, 0.1) is 5.92 Å². The van der Waals surface area contributed by atoms with Gasteiger partial charge in [-0.1, -0.05) is 23.2 Å². The minimum atomic E-state index is -3.71. The van der Waals surface area contributed by atoms with E-state index in [0.29, 0.717) is 25.7 Å². The van der Waals surface area contributed by atoms with Crippen molar-refractivity contribution in [3.05, 3.63) is 28.2 Å². The van der Waals surface area contributed by atoms with E-state index in [1.165, 1.54) is 18.2 Å². The quantitative estimate of drug-likeness (QED) is 0.873. The number of carboxylic acids is 1. The SMILES string of the molecule is O=C(O)C1CCC(NS(=O)(=O)c2cc(Cl)cc(Cl)c2)CC1. The van der Waals surface area contributed by atoms with Gasteiger partial charge in [0.2, 0.25) is 10.0 Å². The van der Waals surface area contributed by atoms with Crippen LogP contribution >= 0.6 is 23.2 Å². The summed E-state index contributed by atoms with van der Waals surface area (Å²) in [5.41, 5.74) is 0. The molecular formula is C13H15Cl2NO4S. The van der Waals surface area contributed by atoms with Gasteiger partial charge in [0.05, 0.1) is 10.8 Å². The first-order valence-electron chi connectivity index (χ1n) is 6.49. The second-order valence-electron chi connectivity index (χ2n) is 5.11. The molecule has 116 valence electrons. The molecule has 0 atom stereocenters. The average Bonchev–Trinajstić information content (AvgIpc) is 2.37. The molecule has 1 aromatic rings. The number of aliphatic carboxylic acids is 1. The summed E-state index contributed by atoms with van der Waals surface area (Å²) in [6.45, 7) is 0. The lowest BCUT2D eigenvalue weighted by molar-refractivity contribution is -0.142. The van der Waals surface area contributed by atoms with Gasteiger partial charge < -0.3 is 5.11 Å². The van der Waals surface area contributed by atoms with Crippen molar-refractivity contribution in [1.29, 1.82) is 0 Å². The van der Waals surface area contributed by atoms with Gasteiger partial charge in [-0.05, 0) is 43.9 Å². The molecular weight excluding hydrogens is 337 g/mol. The van der Waals surface area contributed by atoms with Crippen molar-refractivity contribution in [3.8, 4) is 0 Å². The van der Waals surface area contributed by atoms with Crippen LogP contribution in [0.3, 0.4) is 0 Å². The van der Waals surface area contributed by atoms with E-state index in [2.05, 4.69) is 4.72 Å². The van der Waals surface area contributed by atoms with Gasteiger partial charge in [-0.15, -0.1) is 0 Å². The Morgan fingerprint density at radius 1 is 1.10 bits per heavy atom. The maximum Gasteiger partial charge on any atom is 0.306 e. The summed E-state index contributed by atoms with van der Waals surface area (Å²) in [5.74, 6) is -1.20. The van der Waals surface area contributed by atoms with E-state index < -0.39 is 16.0 Å². The van der Waals surface area contributed by atoms with Crippen molar-refractivity contribution in [1.82, 2.24) is 4.72 Å². The summed E-state index contributed by atoms with van der Waals surface area (Å²) >= 11 is 11.6. The van der Waals surface area contributed by atoms with Gasteiger partial charge in [-0.3, -0.25) is 4.79 Å². The zero-order chi connectivity index (χ0) is 15.6. The van der Waals surface area contributed by atoms with Crippen LogP contribution in [0.25, 0.3) is 0 Å². The third-order valence-corrected chi connectivity index (χ3v) is 5.48. The van der Waals surface area contributed by atoms with Crippen LogP contribution in [0.2, 0.25) is 10.0 Å². The molecule has 0 aromatic heterocycles. The number of sulfonamides is 1. The maximum atomic E-state index is 12.3. The molecule has 0 aliphatic heterocycles. The van der Waals surface area contributed by atoms with Gasteiger partial charge in [-0.2, -0.15) is 0 Å². The highest BCUT2D eigenvalue weighted by atomic mass is 35.5. The highest BCUT2D eigenvalue weighted by Gasteiger charge is 2.29. The second-order valence-corrected chi connectivity index (χ2v) is 7.70. The molecule has 1 aliphatic rings. The summed E-state index contributed by atoms with van der Waals surface area (Å²) in [5, 5.41) is 9.42. The second kappa shape index (κ2) is 6.52.